The normalized spacial score (nSPS) is 26.4. The SMILES string of the molecule is C[C@H]1CC[C@H](Cn2c(N3CCOC[C@H]3c3ccccc3)nc3nc(-c4noc(=O)[nH]4)nc(N4CC[C@@H]4C4CCC4)c32)CC1. The molecule has 43 heavy (non-hydrogen) atoms. The van der Waals surface area contributed by atoms with Crippen LogP contribution in [0.1, 0.15) is 69.9 Å². The second-order valence-corrected chi connectivity index (χ2v) is 13.1. The first-order valence-electron chi connectivity index (χ1n) is 16.1. The van der Waals surface area contributed by atoms with Crippen LogP contribution in [0.15, 0.2) is 39.6 Å². The number of imidazole rings is 1. The number of H-pyrrole nitrogens is 1. The molecule has 8 rings (SSSR count). The molecule has 1 N–H and O–H groups in total. The molecule has 5 heterocycles. The summed E-state index contributed by atoms with van der Waals surface area (Å²) in [5, 5.41) is 3.94. The van der Waals surface area contributed by atoms with E-state index < -0.39 is 5.76 Å². The van der Waals surface area contributed by atoms with Crippen molar-refractivity contribution in [3.05, 3.63) is 46.4 Å². The Morgan fingerprint density at radius 1 is 0.953 bits per heavy atom. The third-order valence-corrected chi connectivity index (χ3v) is 10.4. The van der Waals surface area contributed by atoms with Crippen molar-refractivity contribution >= 4 is 22.9 Å². The van der Waals surface area contributed by atoms with Crippen molar-refractivity contribution in [1.82, 2.24) is 29.7 Å². The smallest absolute Gasteiger partial charge is 0.377 e. The van der Waals surface area contributed by atoms with Crippen molar-refractivity contribution < 1.29 is 9.26 Å². The Bertz CT molecular complexity index is 1640. The van der Waals surface area contributed by atoms with E-state index in [0.29, 0.717) is 42.6 Å². The van der Waals surface area contributed by atoms with E-state index in [1.54, 1.807) is 0 Å². The van der Waals surface area contributed by atoms with Crippen LogP contribution in [-0.4, -0.2) is 62.0 Å². The van der Waals surface area contributed by atoms with Crippen LogP contribution in [0, 0.1) is 17.8 Å². The quantitative estimate of drug-likeness (QED) is 0.322. The lowest BCUT2D eigenvalue weighted by Crippen LogP contribution is -2.54. The lowest BCUT2D eigenvalue weighted by atomic mass is 9.75. The molecule has 2 aliphatic heterocycles. The molecule has 2 atom stereocenters. The Hall–Kier alpha value is -3.73. The van der Waals surface area contributed by atoms with Gasteiger partial charge in [0.05, 0.1) is 19.3 Å². The van der Waals surface area contributed by atoms with Crippen molar-refractivity contribution in [2.24, 2.45) is 17.8 Å². The molecule has 0 radical (unpaired) electrons. The predicted octanol–water partition coefficient (Wildman–Crippen LogP) is 4.95. The number of nitrogens with one attached hydrogen (secondary N) is 1. The fourth-order valence-corrected chi connectivity index (χ4v) is 7.58. The number of rotatable bonds is 7. The monoisotopic (exact) mass is 584 g/mol. The van der Waals surface area contributed by atoms with E-state index in [2.05, 4.69) is 61.8 Å². The largest absolute Gasteiger partial charge is 0.439 e. The third kappa shape index (κ3) is 4.91. The van der Waals surface area contributed by atoms with E-state index >= 15 is 0 Å². The molecular formula is C32H40N8O3. The lowest BCUT2D eigenvalue weighted by molar-refractivity contribution is 0.0927. The number of benzene rings is 1. The van der Waals surface area contributed by atoms with Crippen LogP contribution in [0.5, 0.6) is 0 Å². The van der Waals surface area contributed by atoms with Crippen molar-refractivity contribution in [3.8, 4) is 11.6 Å². The molecule has 4 fully saturated rings. The summed E-state index contributed by atoms with van der Waals surface area (Å²) in [7, 11) is 0. The zero-order valence-corrected chi connectivity index (χ0v) is 24.8. The van der Waals surface area contributed by atoms with E-state index in [4.69, 9.17) is 24.2 Å². The van der Waals surface area contributed by atoms with Crippen LogP contribution >= 0.6 is 0 Å². The first kappa shape index (κ1) is 26.9. The van der Waals surface area contributed by atoms with Gasteiger partial charge in [0.15, 0.2) is 11.5 Å². The van der Waals surface area contributed by atoms with Gasteiger partial charge in [0.25, 0.3) is 0 Å². The number of hydrogen-bond acceptors (Lipinski definition) is 9. The molecule has 2 saturated carbocycles. The van der Waals surface area contributed by atoms with Crippen LogP contribution in [0.2, 0.25) is 0 Å². The average Bonchev–Trinajstić information content (AvgIpc) is 3.59. The van der Waals surface area contributed by atoms with Gasteiger partial charge in [0, 0.05) is 25.7 Å². The van der Waals surface area contributed by atoms with Gasteiger partial charge in [-0.3, -0.25) is 9.51 Å². The fourth-order valence-electron chi connectivity index (χ4n) is 7.58. The summed E-state index contributed by atoms with van der Waals surface area (Å²) in [5.41, 5.74) is 2.85. The summed E-state index contributed by atoms with van der Waals surface area (Å²) in [6, 6.07) is 11.1. The maximum Gasteiger partial charge on any atom is 0.439 e. The maximum atomic E-state index is 11.9. The second kappa shape index (κ2) is 11.1. The lowest BCUT2D eigenvalue weighted by Gasteiger charge is -2.49. The second-order valence-electron chi connectivity index (χ2n) is 13.1. The molecular weight excluding hydrogens is 544 g/mol. The van der Waals surface area contributed by atoms with Gasteiger partial charge in [-0.05, 0) is 55.4 Å². The van der Waals surface area contributed by atoms with Crippen molar-refractivity contribution in [1.29, 1.82) is 0 Å². The molecule has 11 nitrogen and oxygen atoms in total. The number of anilines is 2. The third-order valence-electron chi connectivity index (χ3n) is 10.4. The summed E-state index contributed by atoms with van der Waals surface area (Å²) in [4.78, 5) is 34.8. The van der Waals surface area contributed by atoms with Crippen LogP contribution in [0.4, 0.5) is 11.8 Å². The topological polar surface area (TPSA) is 118 Å². The molecule has 1 aromatic carbocycles. The van der Waals surface area contributed by atoms with Crippen LogP contribution in [0.3, 0.4) is 0 Å². The molecule has 0 amide bonds. The highest BCUT2D eigenvalue weighted by atomic mass is 16.5. The molecule has 4 aromatic rings. The number of nitrogens with zero attached hydrogens (tertiary/aromatic N) is 7. The molecule has 226 valence electrons. The van der Waals surface area contributed by atoms with Crippen molar-refractivity contribution in [2.75, 3.05) is 36.1 Å². The number of ether oxygens (including phenoxy) is 1. The van der Waals surface area contributed by atoms with E-state index in [1.165, 1.54) is 56.9 Å². The van der Waals surface area contributed by atoms with E-state index in [9.17, 15) is 4.79 Å². The minimum Gasteiger partial charge on any atom is -0.377 e. The van der Waals surface area contributed by atoms with Crippen molar-refractivity contribution in [3.63, 3.8) is 0 Å². The minimum atomic E-state index is -0.617. The van der Waals surface area contributed by atoms with Crippen LogP contribution in [-0.2, 0) is 11.3 Å². The minimum absolute atomic E-state index is 0.0476. The first-order valence-corrected chi connectivity index (χ1v) is 16.1. The Morgan fingerprint density at radius 3 is 2.49 bits per heavy atom. The molecule has 3 aromatic heterocycles. The van der Waals surface area contributed by atoms with Gasteiger partial charge < -0.3 is 19.1 Å². The summed E-state index contributed by atoms with van der Waals surface area (Å²) >= 11 is 0. The van der Waals surface area contributed by atoms with E-state index in [-0.39, 0.29) is 11.9 Å². The van der Waals surface area contributed by atoms with Crippen molar-refractivity contribution in [2.45, 2.75) is 76.9 Å². The van der Waals surface area contributed by atoms with Crippen LogP contribution < -0.4 is 15.6 Å². The van der Waals surface area contributed by atoms with Gasteiger partial charge in [0.2, 0.25) is 17.6 Å². The Labute approximate surface area is 250 Å². The number of hydrogen-bond donors (Lipinski definition) is 1. The highest BCUT2D eigenvalue weighted by Gasteiger charge is 2.41. The van der Waals surface area contributed by atoms with E-state index in [1.807, 2.05) is 0 Å². The predicted molar refractivity (Wildman–Crippen MR) is 163 cm³/mol. The Morgan fingerprint density at radius 2 is 1.79 bits per heavy atom. The highest BCUT2D eigenvalue weighted by molar-refractivity contribution is 5.88. The Balaban J connectivity index is 1.30. The van der Waals surface area contributed by atoms with E-state index in [0.717, 1.165) is 42.8 Å². The van der Waals surface area contributed by atoms with Gasteiger partial charge in [-0.1, -0.05) is 61.7 Å². The molecule has 2 saturated heterocycles. The molecule has 11 heteroatoms. The number of aromatic amines is 1. The number of morpholine rings is 1. The van der Waals surface area contributed by atoms with Gasteiger partial charge in [-0.15, -0.1) is 0 Å². The van der Waals surface area contributed by atoms with Gasteiger partial charge in [0.1, 0.15) is 5.52 Å². The average molecular weight is 585 g/mol. The van der Waals surface area contributed by atoms with Crippen LogP contribution in [0.25, 0.3) is 22.8 Å². The molecule has 4 aliphatic rings. The molecule has 2 aliphatic carbocycles. The van der Waals surface area contributed by atoms with Gasteiger partial charge in [-0.2, -0.15) is 4.98 Å². The zero-order valence-electron chi connectivity index (χ0n) is 24.8. The standard InChI is InChI=1S/C32H40N8O3/c1-20-10-12-21(13-11-20)18-40-26-27(35-31(40)39-16-17-42-19-25(39)23-6-3-2-4-7-23)33-28(29-36-32(41)43-37-29)34-30(26)38-15-14-24(38)22-8-5-9-22/h2-4,6-7,20-22,24-25H,5,8-19H2,1H3,(H,36,37,41)/t20-,21-,24-,25+/m1/s1. The Kier molecular flexibility index (Phi) is 6.92. The highest BCUT2D eigenvalue weighted by Crippen LogP contribution is 2.44. The summed E-state index contributed by atoms with van der Waals surface area (Å²) in [5.74, 6) is 3.85. The molecule has 0 spiro atoms. The maximum absolute atomic E-state index is 11.9. The van der Waals surface area contributed by atoms with Gasteiger partial charge in [-0.25, -0.2) is 14.8 Å². The summed E-state index contributed by atoms with van der Waals surface area (Å²) < 4.78 is 13.3. The molecule has 0 bridgehead atoms. The fraction of sp³-hybridized carbons (Fsp3) is 0.594. The molecule has 0 unspecified atom stereocenters. The first-order chi connectivity index (χ1) is 21.1. The summed E-state index contributed by atoms with van der Waals surface area (Å²) in [6.45, 7) is 6.20. The number of fused-ring (bicyclic) bond motifs is 1. The summed E-state index contributed by atoms with van der Waals surface area (Å²) in [6.07, 6.45) is 9.99. The zero-order chi connectivity index (χ0) is 28.9. The number of aromatic nitrogens is 6. The van der Waals surface area contributed by atoms with Gasteiger partial charge >= 0.3 is 5.76 Å².